The molecule has 3 N–H and O–H groups in total. The number of piperidine rings is 1. The van der Waals surface area contributed by atoms with Crippen LogP contribution in [0.3, 0.4) is 0 Å². The Morgan fingerprint density at radius 1 is 1.09 bits per heavy atom. The summed E-state index contributed by atoms with van der Waals surface area (Å²) in [6.07, 6.45) is 4.19. The summed E-state index contributed by atoms with van der Waals surface area (Å²) >= 11 is 0. The minimum absolute atomic E-state index is 0. The molecule has 6 nitrogen and oxygen atoms in total. The van der Waals surface area contributed by atoms with E-state index in [2.05, 4.69) is 68.8 Å². The highest BCUT2D eigenvalue weighted by Crippen LogP contribution is 2.14. The number of hydrogen-bond acceptors (Lipinski definition) is 3. The molecule has 0 atom stereocenters. The van der Waals surface area contributed by atoms with Gasteiger partial charge in [-0.1, -0.05) is 42.5 Å². The number of nitrogens with one attached hydrogen (secondary N) is 3. The van der Waals surface area contributed by atoms with Crippen LogP contribution in [0.2, 0.25) is 0 Å². The first-order valence-electron chi connectivity index (χ1n) is 11.5. The summed E-state index contributed by atoms with van der Waals surface area (Å²) in [5, 5.41) is 7.05. The molecule has 1 saturated heterocycles. The number of aryl methyl sites for hydroxylation is 1. The number of imidazole rings is 1. The Bertz CT molecular complexity index is 930. The molecule has 3 aromatic rings. The summed E-state index contributed by atoms with van der Waals surface area (Å²) in [5.74, 6) is 1.98. The molecule has 1 aromatic heterocycles. The lowest BCUT2D eigenvalue weighted by atomic mass is 10.0. The van der Waals surface area contributed by atoms with E-state index in [0.717, 1.165) is 81.2 Å². The molecule has 7 heteroatoms. The van der Waals surface area contributed by atoms with Crippen molar-refractivity contribution in [1.82, 2.24) is 25.5 Å². The van der Waals surface area contributed by atoms with Gasteiger partial charge in [-0.05, 0) is 43.9 Å². The molecule has 0 bridgehead atoms. The monoisotopic (exact) mass is 546 g/mol. The molecule has 0 radical (unpaired) electrons. The van der Waals surface area contributed by atoms with E-state index in [1.165, 1.54) is 5.56 Å². The average molecular weight is 547 g/mol. The highest BCUT2D eigenvalue weighted by molar-refractivity contribution is 14.0. The maximum absolute atomic E-state index is 4.80. The summed E-state index contributed by atoms with van der Waals surface area (Å²) < 4.78 is 0. The Morgan fingerprint density at radius 3 is 2.59 bits per heavy atom. The van der Waals surface area contributed by atoms with Crippen LogP contribution in [0.25, 0.3) is 11.0 Å². The van der Waals surface area contributed by atoms with Gasteiger partial charge in [-0.2, -0.15) is 0 Å². The topological polar surface area (TPSA) is 68.3 Å². The first kappa shape index (κ1) is 24.5. The van der Waals surface area contributed by atoms with E-state index in [0.29, 0.717) is 6.04 Å². The number of hydrogen-bond donors (Lipinski definition) is 3. The molecule has 1 fully saturated rings. The van der Waals surface area contributed by atoms with Crippen LogP contribution in [0.4, 0.5) is 0 Å². The normalized spacial score (nSPS) is 15.5. The molecule has 172 valence electrons. The second-order valence-corrected chi connectivity index (χ2v) is 8.25. The van der Waals surface area contributed by atoms with Crippen molar-refractivity contribution in [2.24, 2.45) is 4.99 Å². The van der Waals surface area contributed by atoms with Gasteiger partial charge in [0.2, 0.25) is 0 Å². The smallest absolute Gasteiger partial charge is 0.191 e. The largest absolute Gasteiger partial charge is 0.357 e. The lowest BCUT2D eigenvalue weighted by Crippen LogP contribution is -2.48. The standard InChI is InChI=1S/C25H34N6.HI/c1-2-26-25(27-16-8-13-24-29-22-11-6-7-12-23(22)30-24)28-21-14-17-31(18-15-21)19-20-9-4-3-5-10-20;/h3-7,9-12,21H,2,8,13-19H2,1H3,(H,29,30)(H2,26,27,28);1H. The van der Waals surface area contributed by atoms with Crippen molar-refractivity contribution in [2.45, 2.75) is 45.2 Å². The molecular formula is C25H35IN6. The first-order chi connectivity index (χ1) is 15.3. The summed E-state index contributed by atoms with van der Waals surface area (Å²) in [7, 11) is 0. The van der Waals surface area contributed by atoms with Gasteiger partial charge < -0.3 is 15.6 Å². The Labute approximate surface area is 208 Å². The molecule has 1 aliphatic heterocycles. The van der Waals surface area contributed by atoms with Crippen LogP contribution in [-0.2, 0) is 13.0 Å². The molecule has 0 aliphatic carbocycles. The van der Waals surface area contributed by atoms with E-state index in [1.54, 1.807) is 0 Å². The third-order valence-electron chi connectivity index (χ3n) is 5.80. The number of para-hydroxylation sites is 2. The van der Waals surface area contributed by atoms with Crippen molar-refractivity contribution in [3.8, 4) is 0 Å². The summed E-state index contributed by atoms with van der Waals surface area (Å²) in [6.45, 7) is 7.08. The zero-order valence-corrected chi connectivity index (χ0v) is 21.2. The fourth-order valence-corrected chi connectivity index (χ4v) is 4.15. The molecule has 0 saturated carbocycles. The van der Waals surface area contributed by atoms with E-state index >= 15 is 0 Å². The van der Waals surface area contributed by atoms with E-state index in [9.17, 15) is 0 Å². The molecule has 2 heterocycles. The van der Waals surface area contributed by atoms with E-state index in [1.807, 2.05) is 18.2 Å². The van der Waals surface area contributed by atoms with Crippen molar-refractivity contribution >= 4 is 41.0 Å². The van der Waals surface area contributed by atoms with E-state index < -0.39 is 0 Å². The number of guanidine groups is 1. The summed E-state index contributed by atoms with van der Waals surface area (Å²) in [5.41, 5.74) is 3.54. The third-order valence-corrected chi connectivity index (χ3v) is 5.80. The molecule has 4 rings (SSSR count). The quantitative estimate of drug-likeness (QED) is 0.170. The maximum atomic E-state index is 4.80. The number of aromatic nitrogens is 2. The number of likely N-dealkylation sites (tertiary alicyclic amines) is 1. The van der Waals surface area contributed by atoms with Gasteiger partial charge in [0.05, 0.1) is 11.0 Å². The van der Waals surface area contributed by atoms with Gasteiger partial charge in [0.25, 0.3) is 0 Å². The fourth-order valence-electron chi connectivity index (χ4n) is 4.15. The van der Waals surface area contributed by atoms with E-state index in [-0.39, 0.29) is 24.0 Å². The van der Waals surface area contributed by atoms with Crippen LogP contribution in [0.5, 0.6) is 0 Å². The van der Waals surface area contributed by atoms with Crippen LogP contribution in [0.1, 0.15) is 37.6 Å². The molecule has 32 heavy (non-hydrogen) atoms. The van der Waals surface area contributed by atoms with Crippen LogP contribution in [-0.4, -0.2) is 53.0 Å². The molecule has 2 aromatic carbocycles. The summed E-state index contributed by atoms with van der Waals surface area (Å²) in [4.78, 5) is 15.4. The van der Waals surface area contributed by atoms with Crippen molar-refractivity contribution < 1.29 is 0 Å². The second-order valence-electron chi connectivity index (χ2n) is 8.25. The Kier molecular flexibility index (Phi) is 9.80. The number of benzene rings is 2. The van der Waals surface area contributed by atoms with Crippen LogP contribution in [0, 0.1) is 0 Å². The van der Waals surface area contributed by atoms with Gasteiger partial charge >= 0.3 is 0 Å². The predicted octanol–water partition coefficient (Wildman–Crippen LogP) is 4.33. The lowest BCUT2D eigenvalue weighted by Gasteiger charge is -2.33. The molecular weight excluding hydrogens is 511 g/mol. The third kappa shape index (κ3) is 7.20. The molecule has 0 amide bonds. The van der Waals surface area contributed by atoms with Crippen molar-refractivity contribution in [3.05, 3.63) is 66.0 Å². The number of fused-ring (bicyclic) bond motifs is 1. The van der Waals surface area contributed by atoms with Crippen molar-refractivity contribution in [3.63, 3.8) is 0 Å². The van der Waals surface area contributed by atoms with Gasteiger partial charge in [-0.15, -0.1) is 24.0 Å². The van der Waals surface area contributed by atoms with E-state index in [4.69, 9.17) is 4.99 Å². The first-order valence-corrected chi connectivity index (χ1v) is 11.5. The predicted molar refractivity (Wildman–Crippen MR) is 144 cm³/mol. The number of nitrogens with zero attached hydrogens (tertiary/aromatic N) is 3. The number of H-pyrrole nitrogens is 1. The van der Waals surface area contributed by atoms with Gasteiger partial charge in [-0.25, -0.2) is 4.98 Å². The van der Waals surface area contributed by atoms with Gasteiger partial charge in [0.1, 0.15) is 5.82 Å². The Morgan fingerprint density at radius 2 is 1.84 bits per heavy atom. The van der Waals surface area contributed by atoms with Crippen molar-refractivity contribution in [2.75, 3.05) is 26.2 Å². The van der Waals surface area contributed by atoms with Crippen LogP contribution >= 0.6 is 24.0 Å². The minimum atomic E-state index is 0. The zero-order valence-electron chi connectivity index (χ0n) is 18.9. The highest BCUT2D eigenvalue weighted by atomic mass is 127. The second kappa shape index (κ2) is 12.8. The van der Waals surface area contributed by atoms with Gasteiger partial charge in [0, 0.05) is 45.2 Å². The molecule has 0 unspecified atom stereocenters. The molecule has 0 spiro atoms. The Hall–Kier alpha value is -2.13. The van der Waals surface area contributed by atoms with Gasteiger partial charge in [0.15, 0.2) is 5.96 Å². The van der Waals surface area contributed by atoms with Crippen molar-refractivity contribution in [1.29, 1.82) is 0 Å². The lowest BCUT2D eigenvalue weighted by molar-refractivity contribution is 0.198. The van der Waals surface area contributed by atoms with Gasteiger partial charge in [-0.3, -0.25) is 9.89 Å². The SMILES string of the molecule is CCNC(=NCCCc1nc2ccccc2[nH]1)NC1CCN(Cc2ccccc2)CC1.I. The number of aliphatic imine (C=N–C) groups is 1. The zero-order chi connectivity index (χ0) is 21.3. The fraction of sp³-hybridized carbons (Fsp3) is 0.440. The van der Waals surface area contributed by atoms with Crippen LogP contribution < -0.4 is 10.6 Å². The number of halogens is 1. The Balaban J connectivity index is 0.00000289. The highest BCUT2D eigenvalue weighted by Gasteiger charge is 2.20. The number of aromatic amines is 1. The maximum Gasteiger partial charge on any atom is 0.191 e. The number of rotatable bonds is 8. The summed E-state index contributed by atoms with van der Waals surface area (Å²) in [6, 6.07) is 19.4. The van der Waals surface area contributed by atoms with Crippen LogP contribution in [0.15, 0.2) is 59.6 Å². The molecule has 1 aliphatic rings. The minimum Gasteiger partial charge on any atom is -0.357 e. The average Bonchev–Trinajstić information content (AvgIpc) is 3.22.